The molecule has 126 valence electrons. The average Bonchev–Trinajstić information content (AvgIpc) is 2.97. The maximum atomic E-state index is 5.48. The first-order valence-corrected chi connectivity index (χ1v) is 8.50. The second-order valence-corrected chi connectivity index (χ2v) is 7.29. The molecule has 3 aliphatic rings. The highest BCUT2D eigenvalue weighted by Crippen LogP contribution is 2.39. The zero-order valence-corrected chi connectivity index (χ0v) is 14.1. The van der Waals surface area contributed by atoms with Crippen molar-refractivity contribution in [3.05, 3.63) is 23.8 Å². The van der Waals surface area contributed by atoms with Gasteiger partial charge in [-0.05, 0) is 50.0 Å². The summed E-state index contributed by atoms with van der Waals surface area (Å²) >= 11 is 0. The zero-order chi connectivity index (χ0) is 15.9. The van der Waals surface area contributed by atoms with E-state index in [1.807, 2.05) is 13.2 Å². The SMILES string of the molecule is COCC1CCN(C)C2(C1)CN(Cc1ccc3c(c1)OCO3)C2. The maximum absolute atomic E-state index is 5.48. The van der Waals surface area contributed by atoms with E-state index in [9.17, 15) is 0 Å². The van der Waals surface area contributed by atoms with Crippen LogP contribution in [0.1, 0.15) is 18.4 Å². The number of ether oxygens (including phenoxy) is 3. The van der Waals surface area contributed by atoms with Crippen molar-refractivity contribution in [2.45, 2.75) is 24.9 Å². The Morgan fingerprint density at radius 1 is 1.26 bits per heavy atom. The van der Waals surface area contributed by atoms with E-state index in [4.69, 9.17) is 14.2 Å². The van der Waals surface area contributed by atoms with Crippen molar-refractivity contribution in [1.82, 2.24) is 9.80 Å². The molecule has 0 radical (unpaired) electrons. The van der Waals surface area contributed by atoms with E-state index < -0.39 is 0 Å². The van der Waals surface area contributed by atoms with Gasteiger partial charge in [0.1, 0.15) is 0 Å². The number of hydrogen-bond acceptors (Lipinski definition) is 5. The Morgan fingerprint density at radius 3 is 2.91 bits per heavy atom. The summed E-state index contributed by atoms with van der Waals surface area (Å²) in [6.45, 7) is 5.72. The molecule has 0 amide bonds. The maximum Gasteiger partial charge on any atom is 0.231 e. The van der Waals surface area contributed by atoms with Gasteiger partial charge in [-0.2, -0.15) is 0 Å². The number of rotatable bonds is 4. The van der Waals surface area contributed by atoms with Crippen LogP contribution in [0.2, 0.25) is 0 Å². The third-order valence-corrected chi connectivity index (χ3v) is 5.63. The molecule has 23 heavy (non-hydrogen) atoms. The minimum absolute atomic E-state index is 0.345. The van der Waals surface area contributed by atoms with E-state index >= 15 is 0 Å². The number of likely N-dealkylation sites (tertiary alicyclic amines) is 2. The zero-order valence-electron chi connectivity index (χ0n) is 14.1. The topological polar surface area (TPSA) is 34.2 Å². The van der Waals surface area contributed by atoms with Crippen LogP contribution < -0.4 is 9.47 Å². The van der Waals surface area contributed by atoms with Gasteiger partial charge in [0.15, 0.2) is 11.5 Å². The first kappa shape index (κ1) is 15.2. The molecule has 4 rings (SSSR count). The fourth-order valence-corrected chi connectivity index (χ4v) is 4.35. The van der Waals surface area contributed by atoms with E-state index in [1.165, 1.54) is 24.9 Å². The molecule has 0 aliphatic carbocycles. The highest BCUT2D eigenvalue weighted by molar-refractivity contribution is 5.44. The Morgan fingerprint density at radius 2 is 2.09 bits per heavy atom. The van der Waals surface area contributed by atoms with Crippen molar-refractivity contribution in [2.24, 2.45) is 5.92 Å². The summed E-state index contributed by atoms with van der Waals surface area (Å²) in [5, 5.41) is 0. The van der Waals surface area contributed by atoms with Crippen LogP contribution in [-0.4, -0.2) is 62.5 Å². The highest BCUT2D eigenvalue weighted by atomic mass is 16.7. The van der Waals surface area contributed by atoms with Gasteiger partial charge in [0, 0.05) is 38.9 Å². The third kappa shape index (κ3) is 2.82. The van der Waals surface area contributed by atoms with Gasteiger partial charge in [-0.15, -0.1) is 0 Å². The summed E-state index contributed by atoms with van der Waals surface area (Å²) in [4.78, 5) is 5.10. The van der Waals surface area contributed by atoms with Gasteiger partial charge in [0.05, 0.1) is 0 Å². The Hall–Kier alpha value is -1.30. The van der Waals surface area contributed by atoms with Crippen LogP contribution in [0, 0.1) is 5.92 Å². The number of fused-ring (bicyclic) bond motifs is 1. The number of piperidine rings is 1. The van der Waals surface area contributed by atoms with Gasteiger partial charge in [-0.1, -0.05) is 6.07 Å². The molecule has 1 atom stereocenters. The van der Waals surface area contributed by atoms with E-state index in [0.717, 1.165) is 37.7 Å². The molecular formula is C18H26N2O3. The van der Waals surface area contributed by atoms with Crippen molar-refractivity contribution in [3.63, 3.8) is 0 Å². The molecule has 2 fully saturated rings. The quantitative estimate of drug-likeness (QED) is 0.848. The third-order valence-electron chi connectivity index (χ3n) is 5.63. The highest BCUT2D eigenvalue weighted by Gasteiger charge is 2.49. The van der Waals surface area contributed by atoms with Gasteiger partial charge in [-0.25, -0.2) is 0 Å². The van der Waals surface area contributed by atoms with Crippen LogP contribution >= 0.6 is 0 Å². The fraction of sp³-hybridized carbons (Fsp3) is 0.667. The predicted octanol–water partition coefficient (Wildman–Crippen LogP) is 1.96. The molecule has 2 saturated heterocycles. The molecule has 5 nitrogen and oxygen atoms in total. The first-order valence-electron chi connectivity index (χ1n) is 8.50. The molecule has 1 aromatic rings. The van der Waals surface area contributed by atoms with Gasteiger partial charge < -0.3 is 14.2 Å². The van der Waals surface area contributed by atoms with Crippen LogP contribution in [0.25, 0.3) is 0 Å². The standard InChI is InChI=1S/C18H26N2O3/c1-19-6-5-15(10-21-2)8-18(19)11-20(12-18)9-14-3-4-16-17(7-14)23-13-22-16/h3-4,7,15H,5-6,8-13H2,1-2H3. The number of hydrogen-bond donors (Lipinski definition) is 0. The molecule has 0 N–H and O–H groups in total. The predicted molar refractivity (Wildman–Crippen MR) is 87.8 cm³/mol. The molecule has 0 bridgehead atoms. The number of methoxy groups -OCH3 is 1. The van der Waals surface area contributed by atoms with Gasteiger partial charge >= 0.3 is 0 Å². The lowest BCUT2D eigenvalue weighted by atomic mass is 9.75. The molecule has 1 unspecified atom stereocenters. The van der Waals surface area contributed by atoms with Crippen molar-refractivity contribution in [2.75, 3.05) is 47.2 Å². The van der Waals surface area contributed by atoms with Gasteiger partial charge in [-0.3, -0.25) is 9.80 Å². The summed E-state index contributed by atoms with van der Waals surface area (Å²) < 4.78 is 16.2. The summed E-state index contributed by atoms with van der Waals surface area (Å²) in [7, 11) is 4.10. The summed E-state index contributed by atoms with van der Waals surface area (Å²) in [6, 6.07) is 6.29. The molecule has 3 heterocycles. The van der Waals surface area contributed by atoms with Gasteiger partial charge in [0.25, 0.3) is 0 Å². The Bertz CT molecular complexity index is 571. The van der Waals surface area contributed by atoms with Crippen LogP contribution in [0.3, 0.4) is 0 Å². The minimum atomic E-state index is 0.345. The number of nitrogens with zero attached hydrogens (tertiary/aromatic N) is 2. The Balaban J connectivity index is 1.37. The fourth-order valence-electron chi connectivity index (χ4n) is 4.35. The molecular weight excluding hydrogens is 292 g/mol. The van der Waals surface area contributed by atoms with Crippen molar-refractivity contribution >= 4 is 0 Å². The van der Waals surface area contributed by atoms with Crippen molar-refractivity contribution in [1.29, 1.82) is 0 Å². The van der Waals surface area contributed by atoms with Crippen molar-refractivity contribution < 1.29 is 14.2 Å². The molecule has 5 heteroatoms. The van der Waals surface area contributed by atoms with Crippen LogP contribution in [-0.2, 0) is 11.3 Å². The lowest BCUT2D eigenvalue weighted by Crippen LogP contribution is -2.71. The monoisotopic (exact) mass is 318 g/mol. The molecule has 1 spiro atoms. The smallest absolute Gasteiger partial charge is 0.231 e. The van der Waals surface area contributed by atoms with Crippen LogP contribution in [0.5, 0.6) is 11.5 Å². The summed E-state index contributed by atoms with van der Waals surface area (Å²) in [6.07, 6.45) is 2.52. The average molecular weight is 318 g/mol. The first-order chi connectivity index (χ1) is 11.2. The Kier molecular flexibility index (Phi) is 3.95. The largest absolute Gasteiger partial charge is 0.454 e. The van der Waals surface area contributed by atoms with Crippen LogP contribution in [0.4, 0.5) is 0 Å². The lowest BCUT2D eigenvalue weighted by molar-refractivity contribution is -0.0905. The van der Waals surface area contributed by atoms with Crippen molar-refractivity contribution in [3.8, 4) is 11.5 Å². The molecule has 3 aliphatic heterocycles. The lowest BCUT2D eigenvalue weighted by Gasteiger charge is -2.58. The minimum Gasteiger partial charge on any atom is -0.454 e. The van der Waals surface area contributed by atoms with E-state index in [0.29, 0.717) is 18.2 Å². The second kappa shape index (κ2) is 5.96. The Labute approximate surface area is 138 Å². The summed E-state index contributed by atoms with van der Waals surface area (Å²) in [5.41, 5.74) is 1.66. The van der Waals surface area contributed by atoms with E-state index in [2.05, 4.69) is 29.0 Å². The normalized spacial score (nSPS) is 26.4. The van der Waals surface area contributed by atoms with Crippen LogP contribution in [0.15, 0.2) is 18.2 Å². The van der Waals surface area contributed by atoms with E-state index in [1.54, 1.807) is 0 Å². The number of likely N-dealkylation sites (N-methyl/N-ethyl adjacent to an activating group) is 1. The number of benzene rings is 1. The molecule has 0 saturated carbocycles. The molecule has 1 aromatic carbocycles. The second-order valence-electron chi connectivity index (χ2n) is 7.29. The van der Waals surface area contributed by atoms with E-state index in [-0.39, 0.29) is 0 Å². The van der Waals surface area contributed by atoms with Gasteiger partial charge in [0.2, 0.25) is 6.79 Å². The summed E-state index contributed by atoms with van der Waals surface area (Å²) in [5.74, 6) is 2.46. The molecule has 0 aromatic heterocycles.